The monoisotopic (exact) mass is 356 g/mol. The van der Waals surface area contributed by atoms with Crippen LogP contribution in [0.25, 0.3) is 0 Å². The second-order valence-corrected chi connectivity index (χ2v) is 6.82. The molecule has 0 aromatic heterocycles. The lowest BCUT2D eigenvalue weighted by molar-refractivity contribution is -0.144. The maximum absolute atomic E-state index is 12.3. The molecule has 0 unspecified atom stereocenters. The molecule has 1 aliphatic rings. The first kappa shape index (κ1) is 17.5. The van der Waals surface area contributed by atoms with Gasteiger partial charge in [-0.15, -0.1) is 0 Å². The third-order valence-corrected chi connectivity index (χ3v) is 4.82. The number of halogens is 1. The zero-order valence-electron chi connectivity index (χ0n) is 14.0. The number of carbonyl (C=O) groups is 2. The number of rotatable bonds is 3. The minimum absolute atomic E-state index is 0.465. The van der Waals surface area contributed by atoms with Crippen molar-refractivity contribution in [1.82, 2.24) is 4.90 Å². The van der Waals surface area contributed by atoms with Crippen molar-refractivity contribution >= 4 is 29.1 Å². The standard InChI is InChI=1S/C20H21ClN2O2/c21-17-6-8-18(9-7-17)22-19(24)20(25)23-12-10-16(11-13-23)14-15-4-2-1-3-5-15/h1-9,16H,10-14H2,(H,22,24). The summed E-state index contributed by atoms with van der Waals surface area (Å²) in [5.74, 6) is -0.497. The van der Waals surface area contributed by atoms with Crippen molar-refractivity contribution in [2.24, 2.45) is 5.92 Å². The summed E-state index contributed by atoms with van der Waals surface area (Å²) >= 11 is 5.82. The summed E-state index contributed by atoms with van der Waals surface area (Å²) in [6, 6.07) is 17.1. The third kappa shape index (κ3) is 4.83. The number of benzene rings is 2. The van der Waals surface area contributed by atoms with Crippen LogP contribution in [0.5, 0.6) is 0 Å². The highest BCUT2D eigenvalue weighted by molar-refractivity contribution is 6.39. The molecule has 1 N–H and O–H groups in total. The Morgan fingerprint density at radius 2 is 1.64 bits per heavy atom. The van der Waals surface area contributed by atoms with Gasteiger partial charge in [0.1, 0.15) is 0 Å². The van der Waals surface area contributed by atoms with Gasteiger partial charge in [0.15, 0.2) is 0 Å². The van der Waals surface area contributed by atoms with Crippen LogP contribution in [0.1, 0.15) is 18.4 Å². The maximum atomic E-state index is 12.3. The summed E-state index contributed by atoms with van der Waals surface area (Å²) < 4.78 is 0. The Labute approximate surface area is 152 Å². The molecular formula is C20H21ClN2O2. The quantitative estimate of drug-likeness (QED) is 0.851. The predicted molar refractivity (Wildman–Crippen MR) is 99.5 cm³/mol. The van der Waals surface area contributed by atoms with Crippen LogP contribution in [-0.4, -0.2) is 29.8 Å². The third-order valence-electron chi connectivity index (χ3n) is 4.57. The van der Waals surface area contributed by atoms with Gasteiger partial charge in [0.2, 0.25) is 0 Å². The van der Waals surface area contributed by atoms with Crippen molar-refractivity contribution in [1.29, 1.82) is 0 Å². The van der Waals surface area contributed by atoms with Crippen molar-refractivity contribution in [3.8, 4) is 0 Å². The summed E-state index contributed by atoms with van der Waals surface area (Å²) in [6.07, 6.45) is 2.88. The Hall–Kier alpha value is -2.33. The van der Waals surface area contributed by atoms with Gasteiger partial charge < -0.3 is 10.2 Å². The normalized spacial score (nSPS) is 15.0. The first-order chi connectivity index (χ1) is 12.1. The van der Waals surface area contributed by atoms with Gasteiger partial charge in [0.25, 0.3) is 0 Å². The van der Waals surface area contributed by atoms with E-state index in [-0.39, 0.29) is 0 Å². The minimum Gasteiger partial charge on any atom is -0.334 e. The zero-order chi connectivity index (χ0) is 17.6. The van der Waals surface area contributed by atoms with Gasteiger partial charge in [-0.1, -0.05) is 41.9 Å². The Morgan fingerprint density at radius 1 is 1.00 bits per heavy atom. The number of nitrogens with zero attached hydrogens (tertiary/aromatic N) is 1. The lowest BCUT2D eigenvalue weighted by Gasteiger charge is -2.31. The summed E-state index contributed by atoms with van der Waals surface area (Å²) in [7, 11) is 0. The van der Waals surface area contributed by atoms with Gasteiger partial charge >= 0.3 is 11.8 Å². The first-order valence-corrected chi connectivity index (χ1v) is 8.89. The van der Waals surface area contributed by atoms with Crippen molar-refractivity contribution < 1.29 is 9.59 Å². The Bertz CT molecular complexity index is 723. The molecule has 0 bridgehead atoms. The van der Waals surface area contributed by atoms with Crippen LogP contribution < -0.4 is 5.32 Å². The van der Waals surface area contributed by atoms with Crippen LogP contribution in [0, 0.1) is 5.92 Å². The smallest absolute Gasteiger partial charge is 0.313 e. The molecule has 0 saturated carbocycles. The number of anilines is 1. The molecule has 5 heteroatoms. The van der Waals surface area contributed by atoms with Gasteiger partial charge in [-0.3, -0.25) is 9.59 Å². The maximum Gasteiger partial charge on any atom is 0.313 e. The molecule has 1 fully saturated rings. The summed E-state index contributed by atoms with van der Waals surface area (Å²) in [6.45, 7) is 1.26. The molecule has 25 heavy (non-hydrogen) atoms. The molecule has 0 spiro atoms. The van der Waals surface area contributed by atoms with E-state index in [1.807, 2.05) is 6.07 Å². The molecule has 0 radical (unpaired) electrons. The second kappa shape index (κ2) is 8.17. The van der Waals surface area contributed by atoms with Crippen LogP contribution >= 0.6 is 11.6 Å². The van der Waals surface area contributed by atoms with Gasteiger partial charge in [-0.2, -0.15) is 0 Å². The van der Waals surface area contributed by atoms with Crippen molar-refractivity contribution in [3.63, 3.8) is 0 Å². The summed E-state index contributed by atoms with van der Waals surface area (Å²) in [5, 5.41) is 3.22. The number of piperidine rings is 1. The number of likely N-dealkylation sites (tertiary alicyclic amines) is 1. The topological polar surface area (TPSA) is 49.4 Å². The van der Waals surface area contributed by atoms with Crippen LogP contribution in [0.2, 0.25) is 5.02 Å². The number of amides is 2. The number of nitrogens with one attached hydrogen (secondary N) is 1. The fraction of sp³-hybridized carbons (Fsp3) is 0.300. The first-order valence-electron chi connectivity index (χ1n) is 8.51. The second-order valence-electron chi connectivity index (χ2n) is 6.39. The van der Waals surface area contributed by atoms with Crippen LogP contribution in [-0.2, 0) is 16.0 Å². The highest BCUT2D eigenvalue weighted by atomic mass is 35.5. The van der Waals surface area contributed by atoms with E-state index in [4.69, 9.17) is 11.6 Å². The molecule has 2 amide bonds. The molecule has 0 aliphatic carbocycles. The van der Waals surface area contributed by atoms with Crippen molar-refractivity contribution in [3.05, 3.63) is 65.2 Å². The van der Waals surface area contributed by atoms with Crippen LogP contribution in [0.15, 0.2) is 54.6 Å². The lowest BCUT2D eigenvalue weighted by Crippen LogP contribution is -2.44. The van der Waals surface area contributed by atoms with Crippen LogP contribution in [0.4, 0.5) is 5.69 Å². The Balaban J connectivity index is 1.49. The Morgan fingerprint density at radius 3 is 2.28 bits per heavy atom. The van der Waals surface area contributed by atoms with Gasteiger partial charge in [0.05, 0.1) is 0 Å². The molecule has 130 valence electrons. The highest BCUT2D eigenvalue weighted by Gasteiger charge is 2.27. The van der Waals surface area contributed by atoms with Gasteiger partial charge in [0, 0.05) is 23.8 Å². The fourth-order valence-corrected chi connectivity index (χ4v) is 3.27. The largest absolute Gasteiger partial charge is 0.334 e. The Kier molecular flexibility index (Phi) is 5.71. The number of carbonyl (C=O) groups excluding carboxylic acids is 2. The highest BCUT2D eigenvalue weighted by Crippen LogP contribution is 2.22. The molecule has 0 atom stereocenters. The average Bonchev–Trinajstić information content (AvgIpc) is 2.64. The number of hydrogen-bond acceptors (Lipinski definition) is 2. The summed E-state index contributed by atoms with van der Waals surface area (Å²) in [5.41, 5.74) is 1.90. The molecule has 1 aliphatic heterocycles. The van der Waals surface area contributed by atoms with E-state index in [9.17, 15) is 9.59 Å². The summed E-state index contributed by atoms with van der Waals surface area (Å²) in [4.78, 5) is 26.1. The molecule has 2 aromatic carbocycles. The molecule has 1 heterocycles. The van der Waals surface area contributed by atoms with Crippen LogP contribution in [0.3, 0.4) is 0 Å². The number of hydrogen-bond donors (Lipinski definition) is 1. The van der Waals surface area contributed by atoms with E-state index in [0.717, 1.165) is 19.3 Å². The van der Waals surface area contributed by atoms with E-state index >= 15 is 0 Å². The molecule has 2 aromatic rings. The molecule has 1 saturated heterocycles. The average molecular weight is 357 g/mol. The van der Waals surface area contributed by atoms with Gasteiger partial charge in [-0.25, -0.2) is 0 Å². The van der Waals surface area contributed by atoms with E-state index in [2.05, 4.69) is 29.6 Å². The fourth-order valence-electron chi connectivity index (χ4n) is 3.15. The lowest BCUT2D eigenvalue weighted by atomic mass is 9.90. The minimum atomic E-state index is -0.594. The molecular weight excluding hydrogens is 336 g/mol. The van der Waals surface area contributed by atoms with Crippen molar-refractivity contribution in [2.45, 2.75) is 19.3 Å². The van der Waals surface area contributed by atoms with E-state index < -0.39 is 11.8 Å². The van der Waals surface area contributed by atoms with Gasteiger partial charge in [-0.05, 0) is 55.0 Å². The van der Waals surface area contributed by atoms with E-state index in [0.29, 0.717) is 29.7 Å². The van der Waals surface area contributed by atoms with E-state index in [1.165, 1.54) is 5.56 Å². The predicted octanol–water partition coefficient (Wildman–Crippen LogP) is 3.76. The zero-order valence-corrected chi connectivity index (χ0v) is 14.7. The SMILES string of the molecule is O=C(Nc1ccc(Cl)cc1)C(=O)N1CCC(Cc2ccccc2)CC1. The molecule has 4 nitrogen and oxygen atoms in total. The van der Waals surface area contributed by atoms with Crippen molar-refractivity contribution in [2.75, 3.05) is 18.4 Å². The van der Waals surface area contributed by atoms with E-state index in [1.54, 1.807) is 29.2 Å². The molecule has 3 rings (SSSR count).